The minimum absolute atomic E-state index is 0.234. The van der Waals surface area contributed by atoms with Crippen LogP contribution in [-0.4, -0.2) is 15.3 Å². The molecular formula is C9H6N4O. The molecule has 0 radical (unpaired) electrons. The van der Waals surface area contributed by atoms with Crippen molar-refractivity contribution in [3.05, 3.63) is 36.3 Å². The molecule has 0 unspecified atom stereocenters. The Hall–Kier alpha value is -2.35. The maximum absolute atomic E-state index is 11.2. The van der Waals surface area contributed by atoms with Crippen LogP contribution in [0.4, 0.5) is 0 Å². The highest BCUT2D eigenvalue weighted by molar-refractivity contribution is 5.93. The lowest BCUT2D eigenvalue weighted by atomic mass is 10.4. The van der Waals surface area contributed by atoms with E-state index in [1.807, 2.05) is 17.4 Å². The molecule has 14 heavy (non-hydrogen) atoms. The van der Waals surface area contributed by atoms with E-state index in [9.17, 15) is 4.79 Å². The topological polar surface area (TPSA) is 70.2 Å². The number of hydrogen-bond donors (Lipinski definition) is 1. The first kappa shape index (κ1) is 8.26. The van der Waals surface area contributed by atoms with E-state index in [-0.39, 0.29) is 5.69 Å². The van der Waals surface area contributed by atoms with E-state index >= 15 is 0 Å². The average molecular weight is 186 g/mol. The molecule has 0 fully saturated rings. The molecule has 0 aliphatic carbocycles. The number of pyridine rings is 1. The van der Waals surface area contributed by atoms with Crippen LogP contribution in [0.1, 0.15) is 10.5 Å². The van der Waals surface area contributed by atoms with E-state index in [4.69, 9.17) is 5.26 Å². The molecule has 5 heteroatoms. The van der Waals surface area contributed by atoms with E-state index in [0.29, 0.717) is 5.65 Å². The fourth-order valence-electron chi connectivity index (χ4n) is 1.16. The van der Waals surface area contributed by atoms with Crippen LogP contribution in [0.3, 0.4) is 0 Å². The number of fused-ring (bicyclic) bond motifs is 1. The Kier molecular flexibility index (Phi) is 1.88. The minimum Gasteiger partial charge on any atom is -0.306 e. The van der Waals surface area contributed by atoms with Crippen molar-refractivity contribution in [2.24, 2.45) is 0 Å². The summed E-state index contributed by atoms with van der Waals surface area (Å²) in [4.78, 5) is 15.2. The summed E-state index contributed by atoms with van der Waals surface area (Å²) in [5, 5.41) is 10.3. The molecular weight excluding hydrogens is 180 g/mol. The van der Waals surface area contributed by atoms with Gasteiger partial charge in [0.1, 0.15) is 11.3 Å². The number of carbonyl (C=O) groups excluding carboxylic acids is 1. The molecule has 0 spiro atoms. The summed E-state index contributed by atoms with van der Waals surface area (Å²) in [5.41, 5.74) is 0.910. The van der Waals surface area contributed by atoms with Gasteiger partial charge in [-0.15, -0.1) is 0 Å². The molecule has 68 valence electrons. The molecule has 0 aromatic carbocycles. The van der Waals surface area contributed by atoms with Gasteiger partial charge in [0.25, 0.3) is 5.91 Å². The van der Waals surface area contributed by atoms with E-state index in [0.717, 1.165) is 0 Å². The van der Waals surface area contributed by atoms with Crippen molar-refractivity contribution in [3.8, 4) is 6.19 Å². The molecule has 0 bridgehead atoms. The zero-order valence-electron chi connectivity index (χ0n) is 7.14. The summed E-state index contributed by atoms with van der Waals surface area (Å²) < 4.78 is 1.71. The Labute approximate surface area is 79.6 Å². The van der Waals surface area contributed by atoms with Crippen LogP contribution >= 0.6 is 0 Å². The number of nitriles is 1. The molecule has 0 atom stereocenters. The quantitative estimate of drug-likeness (QED) is 0.522. The van der Waals surface area contributed by atoms with Gasteiger partial charge in [-0.2, -0.15) is 5.26 Å². The van der Waals surface area contributed by atoms with E-state index in [2.05, 4.69) is 4.98 Å². The highest BCUT2D eigenvalue weighted by atomic mass is 16.1. The number of imidazole rings is 1. The van der Waals surface area contributed by atoms with Crippen LogP contribution in [-0.2, 0) is 0 Å². The van der Waals surface area contributed by atoms with Crippen molar-refractivity contribution in [2.45, 2.75) is 0 Å². The second kappa shape index (κ2) is 3.18. The number of nitrogens with one attached hydrogen (secondary N) is 1. The van der Waals surface area contributed by atoms with Crippen molar-refractivity contribution >= 4 is 11.6 Å². The second-order valence-corrected chi connectivity index (χ2v) is 2.66. The van der Waals surface area contributed by atoms with Gasteiger partial charge < -0.3 is 4.40 Å². The molecule has 2 aromatic heterocycles. The summed E-state index contributed by atoms with van der Waals surface area (Å²) in [6, 6.07) is 5.44. The fourth-order valence-corrected chi connectivity index (χ4v) is 1.16. The minimum atomic E-state index is -0.490. The van der Waals surface area contributed by atoms with E-state index < -0.39 is 5.91 Å². The Balaban J connectivity index is 2.46. The fraction of sp³-hybridized carbons (Fsp3) is 0. The summed E-state index contributed by atoms with van der Waals surface area (Å²) in [5.74, 6) is -0.490. The van der Waals surface area contributed by atoms with Gasteiger partial charge in [-0.3, -0.25) is 10.1 Å². The lowest BCUT2D eigenvalue weighted by molar-refractivity contribution is 0.0968. The first-order chi connectivity index (χ1) is 6.81. The van der Waals surface area contributed by atoms with Gasteiger partial charge in [-0.1, -0.05) is 6.07 Å². The van der Waals surface area contributed by atoms with Gasteiger partial charge in [-0.05, 0) is 12.1 Å². The SMILES string of the molecule is N#CNC(=O)c1cn2ccccc2n1. The monoisotopic (exact) mass is 186 g/mol. The molecule has 2 heterocycles. The van der Waals surface area contributed by atoms with Crippen molar-refractivity contribution in [1.29, 1.82) is 5.26 Å². The van der Waals surface area contributed by atoms with E-state index in [1.54, 1.807) is 29.1 Å². The molecule has 0 saturated heterocycles. The third-order valence-electron chi connectivity index (χ3n) is 1.77. The Morgan fingerprint density at radius 1 is 1.57 bits per heavy atom. The van der Waals surface area contributed by atoms with Gasteiger partial charge >= 0.3 is 0 Å². The third kappa shape index (κ3) is 1.29. The average Bonchev–Trinajstić information content (AvgIpc) is 2.61. The van der Waals surface area contributed by atoms with Gasteiger partial charge in [-0.25, -0.2) is 4.98 Å². The van der Waals surface area contributed by atoms with Crippen LogP contribution in [0.15, 0.2) is 30.6 Å². The maximum atomic E-state index is 11.2. The lowest BCUT2D eigenvalue weighted by Gasteiger charge is -1.87. The van der Waals surface area contributed by atoms with Crippen molar-refractivity contribution in [2.75, 3.05) is 0 Å². The lowest BCUT2D eigenvalue weighted by Crippen LogP contribution is -2.17. The highest BCUT2D eigenvalue weighted by Crippen LogP contribution is 2.03. The molecule has 0 saturated carbocycles. The van der Waals surface area contributed by atoms with Crippen molar-refractivity contribution in [1.82, 2.24) is 14.7 Å². The number of nitrogens with zero attached hydrogens (tertiary/aromatic N) is 3. The Morgan fingerprint density at radius 3 is 3.14 bits per heavy atom. The highest BCUT2D eigenvalue weighted by Gasteiger charge is 2.08. The van der Waals surface area contributed by atoms with Gasteiger partial charge in [0.15, 0.2) is 6.19 Å². The number of aromatic nitrogens is 2. The van der Waals surface area contributed by atoms with Gasteiger partial charge in [0.05, 0.1) is 0 Å². The normalized spacial score (nSPS) is 9.64. The predicted octanol–water partition coefficient (Wildman–Crippen LogP) is 0.545. The first-order valence-corrected chi connectivity index (χ1v) is 3.94. The summed E-state index contributed by atoms with van der Waals surface area (Å²) in [6.45, 7) is 0. The predicted molar refractivity (Wildman–Crippen MR) is 48.3 cm³/mol. The number of rotatable bonds is 1. The number of carbonyl (C=O) groups is 1. The van der Waals surface area contributed by atoms with Crippen LogP contribution in [0.5, 0.6) is 0 Å². The molecule has 1 N–H and O–H groups in total. The standard InChI is InChI=1S/C9H6N4O/c10-6-11-9(14)7-5-13-4-2-1-3-8(13)12-7/h1-5H,(H,11,14). The van der Waals surface area contributed by atoms with Crippen LogP contribution in [0.25, 0.3) is 5.65 Å². The first-order valence-electron chi connectivity index (χ1n) is 3.94. The van der Waals surface area contributed by atoms with Crippen molar-refractivity contribution in [3.63, 3.8) is 0 Å². The molecule has 2 aromatic rings. The Morgan fingerprint density at radius 2 is 2.43 bits per heavy atom. The Bertz CT molecular complexity index is 490. The van der Waals surface area contributed by atoms with Crippen LogP contribution in [0, 0.1) is 11.5 Å². The second-order valence-electron chi connectivity index (χ2n) is 2.66. The zero-order chi connectivity index (χ0) is 9.97. The van der Waals surface area contributed by atoms with Crippen LogP contribution < -0.4 is 5.32 Å². The van der Waals surface area contributed by atoms with Crippen LogP contribution in [0.2, 0.25) is 0 Å². The van der Waals surface area contributed by atoms with E-state index in [1.165, 1.54) is 0 Å². The summed E-state index contributed by atoms with van der Waals surface area (Å²) in [6.07, 6.45) is 4.92. The molecule has 1 amide bonds. The smallest absolute Gasteiger partial charge is 0.284 e. The molecule has 0 aliphatic rings. The molecule has 2 rings (SSSR count). The molecule has 0 aliphatic heterocycles. The summed E-state index contributed by atoms with van der Waals surface area (Å²) >= 11 is 0. The molecule has 5 nitrogen and oxygen atoms in total. The number of amides is 1. The van der Waals surface area contributed by atoms with Gasteiger partial charge in [0, 0.05) is 12.4 Å². The maximum Gasteiger partial charge on any atom is 0.284 e. The summed E-state index contributed by atoms with van der Waals surface area (Å²) in [7, 11) is 0. The largest absolute Gasteiger partial charge is 0.306 e. The number of hydrogen-bond acceptors (Lipinski definition) is 3. The third-order valence-corrected chi connectivity index (χ3v) is 1.77. The zero-order valence-corrected chi connectivity index (χ0v) is 7.14. The van der Waals surface area contributed by atoms with Gasteiger partial charge in [0.2, 0.25) is 0 Å². The van der Waals surface area contributed by atoms with Crippen molar-refractivity contribution < 1.29 is 4.79 Å².